The number of ether oxygens (including phenoxy) is 1. The maximum atomic E-state index is 14.2. The molecule has 3 atom stereocenters. The second-order valence-corrected chi connectivity index (χ2v) is 12.9. The van der Waals surface area contributed by atoms with Crippen molar-refractivity contribution in [3.8, 4) is 0 Å². The van der Waals surface area contributed by atoms with Gasteiger partial charge in [-0.05, 0) is 49.8 Å². The summed E-state index contributed by atoms with van der Waals surface area (Å²) in [5.41, 5.74) is 2.51. The molecule has 3 aromatic rings. The molecule has 1 saturated heterocycles. The summed E-state index contributed by atoms with van der Waals surface area (Å²) in [6, 6.07) is 28.8. The number of rotatable bonds is 11. The number of hydrogen-bond acceptors (Lipinski definition) is 5. The molecule has 1 heterocycles. The number of amides is 2. The average Bonchev–Trinajstić information content (AvgIpc) is 2.97. The minimum Gasteiger partial charge on any atom is -0.444 e. The molecule has 0 spiro atoms. The highest BCUT2D eigenvalue weighted by atomic mass is 16.6. The van der Waals surface area contributed by atoms with E-state index in [1.54, 1.807) is 4.90 Å². The lowest BCUT2D eigenvalue weighted by Crippen LogP contribution is -2.67. The Hall–Kier alpha value is -3.68. The van der Waals surface area contributed by atoms with Crippen molar-refractivity contribution in [2.45, 2.75) is 77.9 Å². The quantitative estimate of drug-likeness (QED) is 0.310. The topological polar surface area (TPSA) is 73.3 Å². The number of hydrogen-bond donors (Lipinski definition) is 1. The fourth-order valence-corrected chi connectivity index (χ4v) is 5.73. The van der Waals surface area contributed by atoms with Crippen LogP contribution in [0.1, 0.15) is 51.3 Å². The molecule has 43 heavy (non-hydrogen) atoms. The first-order chi connectivity index (χ1) is 20.5. The fourth-order valence-electron chi connectivity index (χ4n) is 5.73. The van der Waals surface area contributed by atoms with E-state index in [1.165, 1.54) is 4.90 Å². The number of aliphatic hydroxyl groups is 1. The van der Waals surface area contributed by atoms with Crippen LogP contribution in [0.3, 0.4) is 0 Å². The van der Waals surface area contributed by atoms with Crippen LogP contribution in [0.4, 0.5) is 4.79 Å². The zero-order valence-corrected chi connectivity index (χ0v) is 26.2. The van der Waals surface area contributed by atoms with E-state index in [0.717, 1.165) is 16.7 Å². The Morgan fingerprint density at radius 1 is 0.860 bits per heavy atom. The molecule has 3 aromatic carbocycles. The van der Waals surface area contributed by atoms with Gasteiger partial charge in [-0.25, -0.2) is 4.79 Å². The van der Waals surface area contributed by atoms with Gasteiger partial charge < -0.3 is 14.7 Å². The SMILES string of the molecule is CC(C)CN1CCN(C(=O)OC(C)(C)C)[C@@H]([C@@H](O)[C@H](Cc2ccccc2)N(Cc2ccccc2)Cc2ccccc2)C1=O. The van der Waals surface area contributed by atoms with E-state index >= 15 is 0 Å². The van der Waals surface area contributed by atoms with E-state index in [1.807, 2.05) is 87.5 Å². The lowest BCUT2D eigenvalue weighted by molar-refractivity contribution is -0.150. The molecule has 7 nitrogen and oxygen atoms in total. The molecule has 0 unspecified atom stereocenters. The molecule has 0 aromatic heterocycles. The van der Waals surface area contributed by atoms with Crippen LogP contribution >= 0.6 is 0 Å². The van der Waals surface area contributed by atoms with Gasteiger partial charge >= 0.3 is 6.09 Å². The molecule has 0 saturated carbocycles. The molecule has 0 radical (unpaired) electrons. The Balaban J connectivity index is 1.77. The van der Waals surface area contributed by atoms with Crippen LogP contribution in [0.15, 0.2) is 91.0 Å². The van der Waals surface area contributed by atoms with Crippen molar-refractivity contribution in [3.63, 3.8) is 0 Å². The monoisotopic (exact) mass is 585 g/mol. The number of carbonyl (C=O) groups is 2. The van der Waals surface area contributed by atoms with E-state index in [4.69, 9.17) is 4.74 Å². The first-order valence-corrected chi connectivity index (χ1v) is 15.3. The zero-order valence-electron chi connectivity index (χ0n) is 26.2. The fraction of sp³-hybridized carbons (Fsp3) is 0.444. The number of piperazine rings is 1. The highest BCUT2D eigenvalue weighted by Crippen LogP contribution is 2.27. The Labute approximate surface area is 257 Å². The molecule has 4 rings (SSSR count). The third-order valence-electron chi connectivity index (χ3n) is 7.66. The molecule has 1 fully saturated rings. The molecule has 7 heteroatoms. The Bertz CT molecular complexity index is 1250. The van der Waals surface area contributed by atoms with Gasteiger partial charge in [0.15, 0.2) is 0 Å². The van der Waals surface area contributed by atoms with Gasteiger partial charge in [-0.15, -0.1) is 0 Å². The Kier molecular flexibility index (Phi) is 11.0. The summed E-state index contributed by atoms with van der Waals surface area (Å²) in [5, 5.41) is 12.4. The van der Waals surface area contributed by atoms with E-state index in [9.17, 15) is 14.7 Å². The molecular weight excluding hydrogens is 538 g/mol. The summed E-state index contributed by atoms with van der Waals surface area (Å²) >= 11 is 0. The third-order valence-corrected chi connectivity index (χ3v) is 7.66. The third kappa shape index (κ3) is 9.15. The highest BCUT2D eigenvalue weighted by molar-refractivity contribution is 5.87. The molecule has 1 aliphatic rings. The standard InChI is InChI=1S/C36H47N3O4/c1-27(2)24-37-21-22-39(35(42)43-36(3,4)5)32(34(37)41)33(40)31(23-28-15-9-6-10-16-28)38(25-29-17-11-7-12-18-29)26-30-19-13-8-14-20-30/h6-20,27,31-33,40H,21-26H2,1-5H3/t31-,32-,33-/m0/s1. The predicted octanol–water partition coefficient (Wildman–Crippen LogP) is 5.76. The van der Waals surface area contributed by atoms with Gasteiger partial charge in [0.05, 0.1) is 6.10 Å². The van der Waals surface area contributed by atoms with Gasteiger partial charge in [0, 0.05) is 38.8 Å². The van der Waals surface area contributed by atoms with Crippen LogP contribution in [0.2, 0.25) is 0 Å². The van der Waals surface area contributed by atoms with E-state index in [-0.39, 0.29) is 11.8 Å². The molecule has 0 bridgehead atoms. The first-order valence-electron chi connectivity index (χ1n) is 15.3. The number of carbonyl (C=O) groups excluding carboxylic acids is 2. The predicted molar refractivity (Wildman–Crippen MR) is 170 cm³/mol. The Morgan fingerprint density at radius 3 is 1.81 bits per heavy atom. The maximum absolute atomic E-state index is 14.2. The largest absolute Gasteiger partial charge is 0.444 e. The summed E-state index contributed by atoms with van der Waals surface area (Å²) in [5.74, 6) is 0.0124. The minimum atomic E-state index is -1.18. The molecule has 1 N–H and O–H groups in total. The minimum absolute atomic E-state index is 0.240. The number of aliphatic hydroxyl groups excluding tert-OH is 1. The van der Waals surface area contributed by atoms with Gasteiger partial charge in [0.25, 0.3) is 0 Å². The van der Waals surface area contributed by atoms with Gasteiger partial charge in [-0.3, -0.25) is 14.6 Å². The van der Waals surface area contributed by atoms with Crippen molar-refractivity contribution in [3.05, 3.63) is 108 Å². The molecule has 0 aliphatic carbocycles. The van der Waals surface area contributed by atoms with Gasteiger partial charge in [-0.1, -0.05) is 105 Å². The van der Waals surface area contributed by atoms with Crippen molar-refractivity contribution in [2.75, 3.05) is 19.6 Å². The zero-order chi connectivity index (χ0) is 31.0. The second kappa shape index (κ2) is 14.7. The highest BCUT2D eigenvalue weighted by Gasteiger charge is 2.47. The summed E-state index contributed by atoms with van der Waals surface area (Å²) in [7, 11) is 0. The normalized spacial score (nSPS) is 17.3. The molecule has 230 valence electrons. The van der Waals surface area contributed by atoms with Gasteiger partial charge in [0.2, 0.25) is 5.91 Å². The smallest absolute Gasteiger partial charge is 0.411 e. The van der Waals surface area contributed by atoms with E-state index in [0.29, 0.717) is 39.1 Å². The number of nitrogens with zero attached hydrogens (tertiary/aromatic N) is 3. The molecular formula is C36H47N3O4. The number of benzene rings is 3. The van der Waals surface area contributed by atoms with Crippen molar-refractivity contribution in [1.82, 2.24) is 14.7 Å². The van der Waals surface area contributed by atoms with Crippen LogP contribution < -0.4 is 0 Å². The van der Waals surface area contributed by atoms with Crippen LogP contribution in [-0.2, 0) is 29.0 Å². The summed E-state index contributed by atoms with van der Waals surface area (Å²) < 4.78 is 5.76. The lowest BCUT2D eigenvalue weighted by Gasteiger charge is -2.46. The second-order valence-electron chi connectivity index (χ2n) is 12.9. The van der Waals surface area contributed by atoms with Gasteiger partial charge in [-0.2, -0.15) is 0 Å². The molecule has 2 amide bonds. The summed E-state index contributed by atoms with van der Waals surface area (Å²) in [4.78, 5) is 33.2. The van der Waals surface area contributed by atoms with Crippen molar-refractivity contribution < 1.29 is 19.4 Å². The van der Waals surface area contributed by atoms with Crippen LogP contribution in [-0.4, -0.2) is 75.2 Å². The maximum Gasteiger partial charge on any atom is 0.411 e. The van der Waals surface area contributed by atoms with E-state index in [2.05, 4.69) is 43.0 Å². The van der Waals surface area contributed by atoms with Crippen LogP contribution in [0, 0.1) is 5.92 Å². The average molecular weight is 586 g/mol. The molecule has 1 aliphatic heterocycles. The van der Waals surface area contributed by atoms with Crippen LogP contribution in [0.25, 0.3) is 0 Å². The lowest BCUT2D eigenvalue weighted by atomic mass is 9.91. The van der Waals surface area contributed by atoms with Crippen molar-refractivity contribution in [2.24, 2.45) is 5.92 Å². The van der Waals surface area contributed by atoms with Crippen LogP contribution in [0.5, 0.6) is 0 Å². The Morgan fingerprint density at radius 2 is 1.35 bits per heavy atom. The van der Waals surface area contributed by atoms with Crippen molar-refractivity contribution >= 4 is 12.0 Å². The first kappa shape index (κ1) is 32.2. The van der Waals surface area contributed by atoms with E-state index < -0.39 is 29.9 Å². The summed E-state index contributed by atoms with van der Waals surface area (Å²) in [6.07, 6.45) is -1.26. The summed E-state index contributed by atoms with van der Waals surface area (Å²) in [6.45, 7) is 12.0. The van der Waals surface area contributed by atoms with Crippen molar-refractivity contribution in [1.29, 1.82) is 0 Å². The van der Waals surface area contributed by atoms with Gasteiger partial charge in [0.1, 0.15) is 11.6 Å².